The highest BCUT2D eigenvalue weighted by atomic mass is 16.6. The fourth-order valence-electron chi connectivity index (χ4n) is 6.80. The number of methoxy groups -OCH3 is 1. The fraction of sp³-hybridized carbons (Fsp3) is 0.769. The quantitative estimate of drug-likeness (QED) is 0.0585. The molecule has 3 heterocycles. The van der Waals surface area contributed by atoms with E-state index in [9.17, 15) is 29.7 Å². The van der Waals surface area contributed by atoms with E-state index in [1.807, 2.05) is 40.7 Å². The lowest BCUT2D eigenvalue weighted by Gasteiger charge is -2.38. The average Bonchev–Trinajstić information content (AvgIpc) is 4.24. The zero-order chi connectivity index (χ0) is 61.9. The summed E-state index contributed by atoms with van der Waals surface area (Å²) < 4.78 is 144. The molecule has 0 aliphatic carbocycles. The molecule has 0 aromatic rings. The first-order valence-corrected chi connectivity index (χ1v) is 18.4. The molecule has 3 aliphatic rings. The van der Waals surface area contributed by atoms with Crippen LogP contribution in [0, 0.1) is 11.8 Å². The molecular weight excluding hydrogens is 672 g/mol. The molecule has 10 atom stereocenters. The topological polar surface area (TPSA) is 179 Å². The largest absolute Gasteiger partial charge is 0.481 e. The smallest absolute Gasteiger partial charge is 0.410 e. The highest BCUT2D eigenvalue weighted by Gasteiger charge is 2.47. The Balaban J connectivity index is -0.000000143. The SMILES string of the molecule is C.CC[C@H](O)[C@@H](C)[C@H]1O[C@@H]1C[C@@](C)(O)/C=C/C=C(\C)[C@H]1OC(=O)C[C@H](O)CC[C@@](C)(OC)[C@@H](OC(=O)N2CCN(CCCC(=O)O)CC2)/C=C/[C@@H]1C.[2HH].[2H][2H].[2H][2H].[2H][2H].[2H][2H].[2H][2H].[2H][2H].[2H][2H].[2H][2H].[2H][2H].[2H][2H].[2H][2H].[2H][2H]. The minimum absolute atomic E-state index is 0. The molecule has 2 fully saturated rings. The molecule has 324 valence electrons. The van der Waals surface area contributed by atoms with Crippen LogP contribution in [0.1, 0.15) is 131 Å². The number of carboxylic acids is 1. The number of rotatable bonds is 14. The molecule has 13 nitrogen and oxygen atoms in total. The van der Waals surface area contributed by atoms with E-state index in [2.05, 4.69) is 4.90 Å². The minimum Gasteiger partial charge on any atom is -0.481 e. The van der Waals surface area contributed by atoms with E-state index in [0.717, 1.165) is 0 Å². The summed E-state index contributed by atoms with van der Waals surface area (Å²) in [7, 11) is 1.53. The van der Waals surface area contributed by atoms with Crippen molar-refractivity contribution in [2.24, 2.45) is 11.8 Å². The van der Waals surface area contributed by atoms with Crippen molar-refractivity contribution >= 4 is 18.0 Å². The van der Waals surface area contributed by atoms with Gasteiger partial charge in [-0.2, -0.15) is 0 Å². The van der Waals surface area contributed by atoms with E-state index in [4.69, 9.17) is 59.7 Å². The van der Waals surface area contributed by atoms with Gasteiger partial charge >= 0.3 is 18.0 Å². The molecule has 1 amide bonds. The number of carbonyl (C=O) groups is 3. The lowest BCUT2D eigenvalue weighted by atomic mass is 9.88. The molecule has 0 aromatic heterocycles. The summed E-state index contributed by atoms with van der Waals surface area (Å²) in [5, 5.41) is 40.9. The van der Waals surface area contributed by atoms with E-state index >= 15 is 0 Å². The summed E-state index contributed by atoms with van der Waals surface area (Å²) >= 11 is 0. The molecule has 0 radical (unpaired) electrons. The van der Waals surface area contributed by atoms with E-state index in [1.165, 1.54) is 7.11 Å². The second kappa shape index (κ2) is 20.6. The molecule has 0 saturated carbocycles. The van der Waals surface area contributed by atoms with Gasteiger partial charge in [0.1, 0.15) is 11.7 Å². The summed E-state index contributed by atoms with van der Waals surface area (Å²) in [5.41, 5.74) is -1.45. The number of ether oxygens (including phenoxy) is 4. The van der Waals surface area contributed by atoms with Crippen LogP contribution in [-0.2, 0) is 28.5 Å². The van der Waals surface area contributed by atoms with Gasteiger partial charge in [-0.05, 0) is 64.6 Å². The van der Waals surface area contributed by atoms with Crippen LogP contribution in [0.3, 0.4) is 0 Å². The third kappa shape index (κ3) is 13.9. The van der Waals surface area contributed by atoms with Gasteiger partial charge in [-0.1, -0.05) is 52.5 Å². The van der Waals surface area contributed by atoms with Gasteiger partial charge < -0.3 is 44.3 Å². The Labute approximate surface area is 349 Å². The lowest BCUT2D eigenvalue weighted by Crippen LogP contribution is -2.51. The van der Waals surface area contributed by atoms with Gasteiger partial charge in [0.15, 0.2) is 6.10 Å². The Morgan fingerprint density at radius 3 is 2.54 bits per heavy atom. The van der Waals surface area contributed by atoms with E-state index in [-0.39, 0.29) is 52.2 Å². The third-order valence-corrected chi connectivity index (χ3v) is 10.5. The highest BCUT2D eigenvalue weighted by Crippen LogP contribution is 2.37. The number of hydrogen-bond donors (Lipinski definition) is 4. The molecule has 52 heavy (non-hydrogen) atoms. The number of allylic oxidation sites excluding steroid dienone is 2. The Morgan fingerprint density at radius 1 is 1.25 bits per heavy atom. The molecule has 4 N–H and O–H groups in total. The number of aliphatic hydroxyl groups is 3. The first kappa shape index (κ1) is 29.5. The molecule has 0 unspecified atom stereocenters. The molecule has 3 rings (SSSR count). The molecule has 3 aliphatic heterocycles. The van der Waals surface area contributed by atoms with Crippen LogP contribution in [0.2, 0.25) is 0 Å². The van der Waals surface area contributed by atoms with Crippen LogP contribution in [0.5, 0.6) is 0 Å². The van der Waals surface area contributed by atoms with Gasteiger partial charge in [-0.3, -0.25) is 14.5 Å². The predicted molar refractivity (Wildman–Crippen MR) is 225 cm³/mol. The predicted octanol–water partition coefficient (Wildman–Crippen LogP) is 7.68. The first-order chi connectivity index (χ1) is 36.0. The zero-order valence-corrected chi connectivity index (χ0v) is 31.5. The Morgan fingerprint density at radius 2 is 1.92 bits per heavy atom. The van der Waals surface area contributed by atoms with Gasteiger partial charge in [-0.15, -0.1) is 0 Å². The first-order valence-electron chi connectivity index (χ1n) is 30.4. The van der Waals surface area contributed by atoms with Crippen LogP contribution in [0.25, 0.3) is 0 Å². The van der Waals surface area contributed by atoms with Crippen molar-refractivity contribution < 1.29 is 90.8 Å². The monoisotopic (exact) mass is 790 g/mol. The van der Waals surface area contributed by atoms with E-state index < -0.39 is 53.6 Å². The van der Waals surface area contributed by atoms with Crippen LogP contribution in [0.15, 0.2) is 36.0 Å². The van der Waals surface area contributed by atoms with E-state index in [1.54, 1.807) is 36.1 Å². The number of carbonyl (C=O) groups excluding carboxylic acids is 2. The number of piperazine rings is 1. The van der Waals surface area contributed by atoms with Gasteiger partial charge in [0.05, 0.1) is 36.4 Å². The fourth-order valence-corrected chi connectivity index (χ4v) is 6.80. The summed E-state index contributed by atoms with van der Waals surface area (Å²) in [5.74, 6) is -1.74. The van der Waals surface area contributed by atoms with Crippen molar-refractivity contribution in [2.45, 2.75) is 142 Å². The van der Waals surface area contributed by atoms with Gasteiger partial charge in [0, 0.05) is 95.0 Å². The zero-order valence-electron chi connectivity index (χ0n) is 55.5. The second-order valence-corrected chi connectivity index (χ2v) is 15.0. The van der Waals surface area contributed by atoms with E-state index in [0.29, 0.717) is 64.0 Å². The summed E-state index contributed by atoms with van der Waals surface area (Å²) in [6, 6.07) is 0. The highest BCUT2D eigenvalue weighted by molar-refractivity contribution is 5.70. The average molecular weight is 790 g/mol. The molecule has 0 bridgehead atoms. The van der Waals surface area contributed by atoms with Crippen LogP contribution < -0.4 is 0 Å². The van der Waals surface area contributed by atoms with Gasteiger partial charge in [0.2, 0.25) is 0 Å². The standard InChI is InChI=1S/C38H62N2O11.CH4.13H2/c1-8-29(42)27(4)35-30(49-35)24-37(5,47)16-9-11-25(2)34-26(3)13-14-31(38(6,48-7)17-15-28(41)23-33(45)51-34)50-36(46)40-21-19-39(20-22-40)18-10-12-32(43)44;;;;;;;;;;;;;;/h9,11,13-14,16,26-31,34-35,41-42,47H,8,10,12,15,17-24H2,1-7H3,(H,43,44);1H4;13*1H/b14-13+,16-9+,25-11+;;;;;;;;;;;;;;/t26-,27+,28+,29-,30+,31-,34+,35+,37-,38+;;;;;;;;;;;;;;/m0............../s1/i;;12*1+1D;1+1. The maximum Gasteiger partial charge on any atom is 0.410 e. The number of amides is 1. The van der Waals surface area contributed by atoms with Gasteiger partial charge in [-0.25, -0.2) is 4.79 Å². The molecule has 13 heteroatoms. The summed E-state index contributed by atoms with van der Waals surface area (Å²) in [4.78, 5) is 41.0. The lowest BCUT2D eigenvalue weighted by molar-refractivity contribution is -0.151. The summed E-state index contributed by atoms with van der Waals surface area (Å²) in [6.07, 6.45) is 7.08. The summed E-state index contributed by atoms with van der Waals surface area (Å²) in [6.45, 7) is 13.9. The van der Waals surface area contributed by atoms with Crippen LogP contribution in [-0.4, -0.2) is 136 Å². The number of cyclic esters (lactones) is 1. The number of epoxide rings is 1. The third-order valence-electron chi connectivity index (χ3n) is 10.5. The van der Waals surface area contributed by atoms with Crippen molar-refractivity contribution in [1.82, 2.24) is 9.80 Å². The van der Waals surface area contributed by atoms with Crippen LogP contribution in [0.4, 0.5) is 4.79 Å². The van der Waals surface area contributed by atoms with Crippen molar-refractivity contribution in [3.63, 3.8) is 0 Å². The van der Waals surface area contributed by atoms with Crippen molar-refractivity contribution in [2.75, 3.05) is 39.8 Å². The number of aliphatic hydroxyl groups excluding tert-OH is 2. The minimum atomic E-state index is -1.17. The van der Waals surface area contributed by atoms with Crippen molar-refractivity contribution in [3.05, 3.63) is 36.0 Å². The maximum absolute atomic E-state index is 13.4. The number of nitrogens with zero attached hydrogens (tertiary/aromatic N) is 2. The second-order valence-electron chi connectivity index (χ2n) is 15.0. The van der Waals surface area contributed by atoms with Crippen molar-refractivity contribution in [1.29, 1.82) is 0 Å². The molecule has 0 spiro atoms. The molecule has 2 saturated heterocycles. The number of aliphatic carboxylic acids is 1. The number of carboxylic acid groups (broad SMARTS) is 1. The van der Waals surface area contributed by atoms with Crippen molar-refractivity contribution in [3.8, 4) is 0 Å². The molecule has 0 aromatic carbocycles. The Kier molecular flexibility index (Phi) is 11.7. The maximum atomic E-state index is 13.4. The normalized spacial score (nSPS) is 34.2. The number of esters is 1. The van der Waals surface area contributed by atoms with Gasteiger partial charge in [0.25, 0.3) is 0 Å². The Bertz CT molecular complexity index is 1310. The molecular formula is C39H92N2O11. The number of hydrogen-bond acceptors (Lipinski definition) is 11. The van der Waals surface area contributed by atoms with Crippen LogP contribution >= 0.6 is 0 Å². The Hall–Kier alpha value is -2.81.